The van der Waals surface area contributed by atoms with Gasteiger partial charge in [-0.3, -0.25) is 4.90 Å². The van der Waals surface area contributed by atoms with Gasteiger partial charge in [0.05, 0.1) is 16.8 Å². The van der Waals surface area contributed by atoms with Crippen molar-refractivity contribution >= 4 is 56.4 Å². The van der Waals surface area contributed by atoms with E-state index in [2.05, 4.69) is 31.0 Å². The van der Waals surface area contributed by atoms with Gasteiger partial charge in [-0.2, -0.15) is 0 Å². The van der Waals surface area contributed by atoms with Gasteiger partial charge in [-0.25, -0.2) is 4.99 Å². The van der Waals surface area contributed by atoms with Gasteiger partial charge in [0.1, 0.15) is 18.0 Å². The summed E-state index contributed by atoms with van der Waals surface area (Å²) in [7, 11) is 0. The van der Waals surface area contributed by atoms with Crippen molar-refractivity contribution in [1.29, 1.82) is 0 Å². The zero-order valence-electron chi connectivity index (χ0n) is 16.3. The number of nitrogens with zero attached hydrogens (tertiary/aromatic N) is 3. The lowest BCUT2D eigenvalue weighted by atomic mass is 10.0. The van der Waals surface area contributed by atoms with Gasteiger partial charge in [0.25, 0.3) is 0 Å². The lowest BCUT2D eigenvalue weighted by Crippen LogP contribution is -2.23. The largest absolute Gasteiger partial charge is 0.494 e. The third-order valence-electron chi connectivity index (χ3n) is 5.47. The number of para-hydroxylation sites is 2. The van der Waals surface area contributed by atoms with Crippen molar-refractivity contribution in [3.8, 4) is 5.88 Å². The average Bonchev–Trinajstić information content (AvgIpc) is 3.43. The minimum absolute atomic E-state index is 0. The Hall–Kier alpha value is -2.35. The van der Waals surface area contributed by atoms with Crippen molar-refractivity contribution in [2.75, 3.05) is 26.2 Å². The van der Waals surface area contributed by atoms with E-state index in [1.165, 1.54) is 12.8 Å². The summed E-state index contributed by atoms with van der Waals surface area (Å²) in [5.41, 5.74) is 4.47. The molecule has 3 heterocycles. The van der Waals surface area contributed by atoms with Gasteiger partial charge in [-0.05, 0) is 54.0 Å². The fourth-order valence-electron chi connectivity index (χ4n) is 4.03. The molecule has 1 fully saturated rings. The Morgan fingerprint density at radius 3 is 2.77 bits per heavy atom. The van der Waals surface area contributed by atoms with Crippen LogP contribution in [0.25, 0.3) is 10.9 Å². The molecule has 8 heteroatoms. The van der Waals surface area contributed by atoms with Crippen LogP contribution in [0, 0.1) is 0 Å². The normalized spacial score (nSPS) is 17.2. The van der Waals surface area contributed by atoms with Crippen LogP contribution in [0.4, 0.5) is 5.69 Å². The van der Waals surface area contributed by atoms with Crippen LogP contribution < -0.4 is 0 Å². The van der Waals surface area contributed by atoms with Crippen LogP contribution in [0.3, 0.4) is 0 Å². The molecule has 2 N–H and O–H groups in total. The number of nitrogens with one attached hydrogen (secondary N) is 1. The fraction of sp³-hybridized carbons (Fsp3) is 0.273. The van der Waals surface area contributed by atoms with E-state index in [1.807, 2.05) is 42.5 Å². The summed E-state index contributed by atoms with van der Waals surface area (Å²) in [4.78, 5) is 15.9. The zero-order valence-corrected chi connectivity index (χ0v) is 18.7. The van der Waals surface area contributed by atoms with E-state index in [0.29, 0.717) is 23.6 Å². The number of H-pyrrole nitrogens is 1. The SMILES string of the molecule is Cl.Oc1[nH]c2c(Br)cccc2c1C1=Nc2ccccc2/C1=N/OCCN1CCCC1. The predicted octanol–water partition coefficient (Wildman–Crippen LogP) is 5.01. The molecule has 0 atom stereocenters. The number of aromatic nitrogens is 1. The maximum Gasteiger partial charge on any atom is 0.199 e. The van der Waals surface area contributed by atoms with Crippen LogP contribution in [0.1, 0.15) is 24.0 Å². The van der Waals surface area contributed by atoms with E-state index in [4.69, 9.17) is 9.83 Å². The highest BCUT2D eigenvalue weighted by molar-refractivity contribution is 9.10. The molecule has 30 heavy (non-hydrogen) atoms. The summed E-state index contributed by atoms with van der Waals surface area (Å²) < 4.78 is 0.882. The molecule has 0 unspecified atom stereocenters. The predicted molar refractivity (Wildman–Crippen MR) is 126 cm³/mol. The molecule has 156 valence electrons. The van der Waals surface area contributed by atoms with Crippen molar-refractivity contribution in [2.24, 2.45) is 10.1 Å². The minimum atomic E-state index is 0. The molecule has 0 spiro atoms. The minimum Gasteiger partial charge on any atom is -0.494 e. The van der Waals surface area contributed by atoms with E-state index >= 15 is 0 Å². The highest BCUT2D eigenvalue weighted by Gasteiger charge is 2.29. The van der Waals surface area contributed by atoms with Crippen LogP contribution in [-0.2, 0) is 4.84 Å². The molecular weight excluding hydrogens is 468 g/mol. The molecule has 5 rings (SSSR count). The Kier molecular flexibility index (Phi) is 6.13. The van der Waals surface area contributed by atoms with Gasteiger partial charge in [0, 0.05) is 22.0 Å². The second-order valence-electron chi connectivity index (χ2n) is 7.31. The maximum atomic E-state index is 10.7. The number of aliphatic imine (C=N–C) groups is 1. The van der Waals surface area contributed by atoms with Gasteiger partial charge in [0.2, 0.25) is 0 Å². The molecule has 1 aromatic heterocycles. The first-order valence-corrected chi connectivity index (χ1v) is 10.6. The van der Waals surface area contributed by atoms with E-state index in [0.717, 1.165) is 46.3 Å². The summed E-state index contributed by atoms with van der Waals surface area (Å²) in [6.45, 7) is 3.67. The monoisotopic (exact) mass is 488 g/mol. The number of benzene rings is 2. The van der Waals surface area contributed by atoms with Crippen LogP contribution in [0.5, 0.6) is 5.88 Å². The number of hydrogen-bond donors (Lipinski definition) is 2. The molecule has 2 aromatic carbocycles. The highest BCUT2D eigenvalue weighted by atomic mass is 79.9. The number of fused-ring (bicyclic) bond motifs is 2. The molecule has 0 radical (unpaired) electrons. The number of hydrogen-bond acceptors (Lipinski definition) is 5. The first-order valence-electron chi connectivity index (χ1n) is 9.82. The molecule has 2 aliphatic rings. The number of likely N-dealkylation sites (tertiary alicyclic amines) is 1. The van der Waals surface area contributed by atoms with Gasteiger partial charge in [-0.15, -0.1) is 12.4 Å². The molecule has 2 aliphatic heterocycles. The molecular formula is C22H22BrClN4O2. The standard InChI is InChI=1S/C22H21BrN4O2.ClH/c23-16-8-5-7-15-18(22(28)25-19(15)16)21-20(14-6-1-2-9-17(14)24-21)26-29-13-12-27-10-3-4-11-27;/h1-2,5-9,25,28H,3-4,10-13H2;1H/b26-20-;. The fourth-order valence-corrected chi connectivity index (χ4v) is 4.50. The van der Waals surface area contributed by atoms with E-state index < -0.39 is 0 Å². The Morgan fingerprint density at radius 1 is 1.13 bits per heavy atom. The van der Waals surface area contributed by atoms with Crippen molar-refractivity contribution in [3.05, 3.63) is 58.1 Å². The van der Waals surface area contributed by atoms with Crippen LogP contribution in [0.2, 0.25) is 0 Å². The lowest BCUT2D eigenvalue weighted by molar-refractivity contribution is 0.119. The lowest BCUT2D eigenvalue weighted by Gasteiger charge is -2.13. The number of aromatic amines is 1. The summed E-state index contributed by atoms with van der Waals surface area (Å²) in [6, 6.07) is 13.7. The van der Waals surface area contributed by atoms with Crippen LogP contribution >= 0.6 is 28.3 Å². The van der Waals surface area contributed by atoms with E-state index in [-0.39, 0.29) is 18.3 Å². The number of rotatable bonds is 5. The van der Waals surface area contributed by atoms with Crippen molar-refractivity contribution in [3.63, 3.8) is 0 Å². The number of oxime groups is 1. The second-order valence-corrected chi connectivity index (χ2v) is 8.16. The summed E-state index contributed by atoms with van der Waals surface area (Å²) in [6.07, 6.45) is 2.52. The zero-order chi connectivity index (χ0) is 19.8. The number of aromatic hydroxyl groups is 1. The Balaban J connectivity index is 0.00000218. The van der Waals surface area contributed by atoms with Crippen molar-refractivity contribution in [1.82, 2.24) is 9.88 Å². The third kappa shape index (κ3) is 3.73. The smallest absolute Gasteiger partial charge is 0.199 e. The Labute approximate surface area is 189 Å². The van der Waals surface area contributed by atoms with E-state index in [9.17, 15) is 5.11 Å². The first-order chi connectivity index (χ1) is 14.2. The summed E-state index contributed by atoms with van der Waals surface area (Å²) >= 11 is 3.54. The molecule has 1 saturated heterocycles. The Bertz CT molecular complexity index is 1140. The van der Waals surface area contributed by atoms with Gasteiger partial charge in [0.15, 0.2) is 5.88 Å². The molecule has 0 bridgehead atoms. The van der Waals surface area contributed by atoms with Crippen molar-refractivity contribution < 1.29 is 9.94 Å². The second kappa shape index (κ2) is 8.79. The average molecular weight is 490 g/mol. The van der Waals surface area contributed by atoms with Crippen molar-refractivity contribution in [2.45, 2.75) is 12.8 Å². The summed E-state index contributed by atoms with van der Waals surface area (Å²) in [5, 5.41) is 16.0. The van der Waals surface area contributed by atoms with Crippen LogP contribution in [0.15, 0.2) is 57.1 Å². The van der Waals surface area contributed by atoms with Crippen LogP contribution in [-0.4, -0.2) is 52.7 Å². The van der Waals surface area contributed by atoms with E-state index in [1.54, 1.807) is 0 Å². The molecule has 0 amide bonds. The topological polar surface area (TPSA) is 73.2 Å². The highest BCUT2D eigenvalue weighted by Crippen LogP contribution is 2.37. The molecule has 0 saturated carbocycles. The first kappa shape index (κ1) is 20.9. The van der Waals surface area contributed by atoms with Gasteiger partial charge < -0.3 is 14.9 Å². The quantitative estimate of drug-likeness (QED) is 0.391. The molecule has 3 aromatic rings. The van der Waals surface area contributed by atoms with Gasteiger partial charge in [-0.1, -0.05) is 35.5 Å². The Morgan fingerprint density at radius 2 is 1.93 bits per heavy atom. The summed E-state index contributed by atoms with van der Waals surface area (Å²) in [5.74, 6) is 0.0724. The van der Waals surface area contributed by atoms with Gasteiger partial charge >= 0.3 is 0 Å². The number of halogens is 2. The maximum absolute atomic E-state index is 10.7. The molecule has 0 aliphatic carbocycles. The molecule has 6 nitrogen and oxygen atoms in total. The third-order valence-corrected chi connectivity index (χ3v) is 6.13.